The highest BCUT2D eigenvalue weighted by Crippen LogP contribution is 2.46. The monoisotopic (exact) mass is 268 g/mol. The first-order valence-corrected chi connectivity index (χ1v) is 7.61. The van der Waals surface area contributed by atoms with Gasteiger partial charge in [-0.05, 0) is 13.3 Å². The zero-order chi connectivity index (χ0) is 13.3. The number of hydrogen-bond donors (Lipinski definition) is 2. The number of ether oxygens (including phenoxy) is 2. The van der Waals surface area contributed by atoms with E-state index in [9.17, 15) is 14.6 Å². The SMILES string of the molecule is CC[C@]1(COC)O[C@@H](C)[C@@H](O)C1OP(C)(=O)O. The van der Waals surface area contributed by atoms with Crippen molar-refractivity contribution in [2.75, 3.05) is 20.4 Å². The molecule has 6 nitrogen and oxygen atoms in total. The molecule has 17 heavy (non-hydrogen) atoms. The Labute approximate surface area is 101 Å². The van der Waals surface area contributed by atoms with Crippen molar-refractivity contribution in [3.8, 4) is 0 Å². The maximum Gasteiger partial charge on any atom is 0.325 e. The molecule has 5 atom stereocenters. The van der Waals surface area contributed by atoms with Crippen molar-refractivity contribution in [2.45, 2.75) is 44.2 Å². The molecule has 2 N–H and O–H groups in total. The lowest BCUT2D eigenvalue weighted by atomic mass is 9.93. The third-order valence-corrected chi connectivity index (χ3v) is 3.64. The van der Waals surface area contributed by atoms with Gasteiger partial charge in [-0.15, -0.1) is 0 Å². The van der Waals surface area contributed by atoms with Crippen LogP contribution in [-0.4, -0.2) is 54.3 Å². The molecule has 2 unspecified atom stereocenters. The summed E-state index contributed by atoms with van der Waals surface area (Å²) < 4.78 is 27.2. The predicted octanol–water partition coefficient (Wildman–Crippen LogP) is 0.762. The van der Waals surface area contributed by atoms with Crippen LogP contribution in [0.1, 0.15) is 20.3 Å². The van der Waals surface area contributed by atoms with Crippen LogP contribution in [0, 0.1) is 0 Å². The molecule has 0 spiro atoms. The minimum atomic E-state index is -3.69. The highest BCUT2D eigenvalue weighted by molar-refractivity contribution is 7.51. The van der Waals surface area contributed by atoms with Crippen molar-refractivity contribution in [1.29, 1.82) is 0 Å². The maximum atomic E-state index is 11.4. The second-order valence-corrected chi connectivity index (χ2v) is 6.31. The number of aliphatic hydroxyl groups excluding tert-OH is 1. The molecule has 0 bridgehead atoms. The summed E-state index contributed by atoms with van der Waals surface area (Å²) in [4.78, 5) is 9.30. The summed E-state index contributed by atoms with van der Waals surface area (Å²) in [7, 11) is -2.18. The average molecular weight is 268 g/mol. The lowest BCUT2D eigenvalue weighted by Crippen LogP contribution is -2.47. The molecule has 0 saturated carbocycles. The van der Waals surface area contributed by atoms with Gasteiger partial charge >= 0.3 is 7.60 Å². The third-order valence-electron chi connectivity index (χ3n) is 3.03. The van der Waals surface area contributed by atoms with Gasteiger partial charge in [0.2, 0.25) is 0 Å². The van der Waals surface area contributed by atoms with Gasteiger partial charge < -0.3 is 19.5 Å². The van der Waals surface area contributed by atoms with Crippen molar-refractivity contribution < 1.29 is 28.6 Å². The Bertz CT molecular complexity index is 303. The van der Waals surface area contributed by atoms with Gasteiger partial charge in [-0.2, -0.15) is 0 Å². The smallest absolute Gasteiger partial charge is 0.325 e. The molecule has 0 aromatic carbocycles. The van der Waals surface area contributed by atoms with E-state index in [1.165, 1.54) is 7.11 Å². The van der Waals surface area contributed by atoms with Crippen molar-refractivity contribution in [3.05, 3.63) is 0 Å². The molecule has 102 valence electrons. The Hall–Kier alpha value is 0.0300. The summed E-state index contributed by atoms with van der Waals surface area (Å²) in [6.45, 7) is 4.86. The normalized spacial score (nSPS) is 41.4. The van der Waals surface area contributed by atoms with Crippen LogP contribution in [0.3, 0.4) is 0 Å². The first kappa shape index (κ1) is 15.1. The van der Waals surface area contributed by atoms with E-state index in [-0.39, 0.29) is 6.61 Å². The van der Waals surface area contributed by atoms with E-state index in [0.717, 1.165) is 6.66 Å². The van der Waals surface area contributed by atoms with Crippen LogP contribution >= 0.6 is 7.60 Å². The summed E-state index contributed by atoms with van der Waals surface area (Å²) in [5, 5.41) is 9.98. The number of rotatable bonds is 5. The van der Waals surface area contributed by atoms with Gasteiger partial charge in [0.05, 0.1) is 12.7 Å². The quantitative estimate of drug-likeness (QED) is 0.716. The molecule has 0 aromatic heterocycles. The highest BCUT2D eigenvalue weighted by Gasteiger charge is 2.54. The zero-order valence-corrected chi connectivity index (χ0v) is 11.5. The van der Waals surface area contributed by atoms with Gasteiger partial charge in [-0.25, -0.2) is 0 Å². The molecular weight excluding hydrogens is 247 g/mol. The molecule has 1 heterocycles. The first-order valence-electron chi connectivity index (χ1n) is 5.59. The summed E-state index contributed by atoms with van der Waals surface area (Å²) in [6.07, 6.45) is -1.73. The van der Waals surface area contributed by atoms with Crippen molar-refractivity contribution in [1.82, 2.24) is 0 Å². The maximum absolute atomic E-state index is 11.4. The standard InChI is InChI=1S/C10H21O6P/c1-5-10(6-14-3)9(16-17(4,12)13)8(11)7(2)15-10/h7-9,11H,5-6H2,1-4H3,(H,12,13)/t7-,8+,9?,10+/m0/s1. The molecule has 1 rings (SSSR count). The molecule has 0 aromatic rings. The fourth-order valence-corrected chi connectivity index (χ4v) is 2.92. The lowest BCUT2D eigenvalue weighted by Gasteiger charge is -2.33. The van der Waals surface area contributed by atoms with E-state index in [1.807, 2.05) is 6.92 Å². The molecule has 0 radical (unpaired) electrons. The molecule has 1 fully saturated rings. The van der Waals surface area contributed by atoms with Crippen molar-refractivity contribution >= 4 is 7.60 Å². The van der Waals surface area contributed by atoms with E-state index in [4.69, 9.17) is 14.0 Å². The average Bonchev–Trinajstić information content (AvgIpc) is 2.42. The molecule has 0 amide bonds. The van der Waals surface area contributed by atoms with Crippen molar-refractivity contribution in [2.24, 2.45) is 0 Å². The fourth-order valence-electron chi connectivity index (χ4n) is 2.18. The summed E-state index contributed by atoms with van der Waals surface area (Å²) in [5.74, 6) is 0. The topological polar surface area (TPSA) is 85.2 Å². The van der Waals surface area contributed by atoms with Crippen LogP contribution in [0.25, 0.3) is 0 Å². The van der Waals surface area contributed by atoms with Gasteiger partial charge in [-0.1, -0.05) is 6.92 Å². The molecule has 1 saturated heterocycles. The van der Waals surface area contributed by atoms with E-state index in [2.05, 4.69) is 0 Å². The number of methoxy groups -OCH3 is 1. The Morgan fingerprint density at radius 3 is 2.53 bits per heavy atom. The fraction of sp³-hybridized carbons (Fsp3) is 1.00. The van der Waals surface area contributed by atoms with E-state index < -0.39 is 31.5 Å². The summed E-state index contributed by atoms with van der Waals surface area (Å²) in [5.41, 5.74) is -0.873. The van der Waals surface area contributed by atoms with Crippen molar-refractivity contribution in [3.63, 3.8) is 0 Å². The van der Waals surface area contributed by atoms with Crippen LogP contribution in [-0.2, 0) is 18.6 Å². The molecular formula is C10H21O6P. The summed E-state index contributed by atoms with van der Waals surface area (Å²) >= 11 is 0. The van der Waals surface area contributed by atoms with Crippen LogP contribution in [0.15, 0.2) is 0 Å². The Kier molecular flexibility index (Phi) is 4.74. The van der Waals surface area contributed by atoms with Gasteiger partial charge in [0.1, 0.15) is 17.8 Å². The largest absolute Gasteiger partial charge is 0.388 e. The molecule has 1 aliphatic heterocycles. The second-order valence-electron chi connectivity index (χ2n) is 4.49. The van der Waals surface area contributed by atoms with Crippen LogP contribution in [0.5, 0.6) is 0 Å². The van der Waals surface area contributed by atoms with Crippen LogP contribution in [0.4, 0.5) is 0 Å². The molecule has 7 heteroatoms. The first-order chi connectivity index (χ1) is 7.75. The van der Waals surface area contributed by atoms with E-state index in [1.54, 1.807) is 6.92 Å². The van der Waals surface area contributed by atoms with Crippen LogP contribution in [0.2, 0.25) is 0 Å². The minimum absolute atomic E-state index is 0.204. The summed E-state index contributed by atoms with van der Waals surface area (Å²) in [6, 6.07) is 0. The predicted molar refractivity (Wildman–Crippen MR) is 62.1 cm³/mol. The third kappa shape index (κ3) is 3.28. The Morgan fingerprint density at radius 1 is 1.53 bits per heavy atom. The van der Waals surface area contributed by atoms with Gasteiger partial charge in [-0.3, -0.25) is 9.09 Å². The van der Waals surface area contributed by atoms with E-state index in [0.29, 0.717) is 6.42 Å². The zero-order valence-electron chi connectivity index (χ0n) is 10.6. The van der Waals surface area contributed by atoms with Gasteiger partial charge in [0.15, 0.2) is 0 Å². The minimum Gasteiger partial charge on any atom is -0.388 e. The molecule has 0 aliphatic carbocycles. The van der Waals surface area contributed by atoms with Crippen LogP contribution < -0.4 is 0 Å². The Morgan fingerprint density at radius 2 is 2.12 bits per heavy atom. The highest BCUT2D eigenvalue weighted by atomic mass is 31.2. The number of aliphatic hydroxyl groups is 1. The lowest BCUT2D eigenvalue weighted by molar-refractivity contribution is -0.113. The van der Waals surface area contributed by atoms with E-state index >= 15 is 0 Å². The second kappa shape index (κ2) is 5.34. The number of hydrogen-bond acceptors (Lipinski definition) is 5. The van der Waals surface area contributed by atoms with Gasteiger partial charge in [0.25, 0.3) is 0 Å². The van der Waals surface area contributed by atoms with Gasteiger partial charge in [0, 0.05) is 13.8 Å². The molecule has 1 aliphatic rings. The Balaban J connectivity index is 2.97.